The molecule has 0 atom stereocenters. The summed E-state index contributed by atoms with van der Waals surface area (Å²) in [6, 6.07) is 8.93. The molecule has 2 aliphatic rings. The minimum absolute atomic E-state index is 0.0133. The van der Waals surface area contributed by atoms with E-state index in [9.17, 15) is 13.2 Å². The second-order valence-electron chi connectivity index (χ2n) is 10.6. The summed E-state index contributed by atoms with van der Waals surface area (Å²) in [5, 5.41) is 9.37. The Kier molecular flexibility index (Phi) is 7.17. The van der Waals surface area contributed by atoms with Gasteiger partial charge in [-0.05, 0) is 62.4 Å². The number of hydrogen-bond acceptors (Lipinski definition) is 10. The molecule has 12 heteroatoms. The second kappa shape index (κ2) is 10.4. The largest absolute Gasteiger partial charge is 0.474 e. The molecular formula is C27H32N6O5S. The van der Waals surface area contributed by atoms with Gasteiger partial charge in [0.05, 0.1) is 22.6 Å². The van der Waals surface area contributed by atoms with Gasteiger partial charge in [-0.25, -0.2) is 23.4 Å². The molecule has 2 aliphatic heterocycles. The van der Waals surface area contributed by atoms with E-state index in [2.05, 4.69) is 25.9 Å². The molecule has 1 fully saturated rings. The predicted octanol–water partition coefficient (Wildman–Crippen LogP) is 4.12. The molecule has 0 saturated carbocycles. The van der Waals surface area contributed by atoms with E-state index >= 15 is 0 Å². The van der Waals surface area contributed by atoms with Gasteiger partial charge in [0.1, 0.15) is 18.2 Å². The van der Waals surface area contributed by atoms with Crippen molar-refractivity contribution in [1.29, 1.82) is 0 Å². The molecular weight excluding hydrogens is 520 g/mol. The SMILES string of the molecule is CC(=O)Nc1cc(Nc2cc(C3CCOCC3)cc(S(C)(=O)=O)n2)c(-c2ccc3c(n2)OCC(C)(C)N3)cn1. The maximum absolute atomic E-state index is 12.5. The number of aromatic nitrogens is 3. The van der Waals surface area contributed by atoms with Gasteiger partial charge in [0.15, 0.2) is 14.9 Å². The van der Waals surface area contributed by atoms with E-state index in [4.69, 9.17) is 14.5 Å². The third-order valence-electron chi connectivity index (χ3n) is 6.55. The van der Waals surface area contributed by atoms with Crippen LogP contribution in [0.1, 0.15) is 45.1 Å². The average Bonchev–Trinajstić information content (AvgIpc) is 2.88. The fourth-order valence-corrected chi connectivity index (χ4v) is 5.25. The summed E-state index contributed by atoms with van der Waals surface area (Å²) in [6.45, 7) is 7.19. The third-order valence-corrected chi connectivity index (χ3v) is 7.52. The fraction of sp³-hybridized carbons (Fsp3) is 0.407. The first-order chi connectivity index (χ1) is 18.5. The number of fused-ring (bicyclic) bond motifs is 1. The molecule has 0 spiro atoms. The highest BCUT2D eigenvalue weighted by Crippen LogP contribution is 2.37. The molecule has 39 heavy (non-hydrogen) atoms. The number of amides is 1. The Morgan fingerprint density at radius 1 is 1.10 bits per heavy atom. The molecule has 206 valence electrons. The van der Waals surface area contributed by atoms with Crippen molar-refractivity contribution in [1.82, 2.24) is 15.0 Å². The Labute approximate surface area is 227 Å². The Morgan fingerprint density at radius 2 is 1.87 bits per heavy atom. The van der Waals surface area contributed by atoms with Gasteiger partial charge >= 0.3 is 0 Å². The topological polar surface area (TPSA) is 144 Å². The van der Waals surface area contributed by atoms with Crippen LogP contribution in [-0.4, -0.2) is 60.9 Å². The van der Waals surface area contributed by atoms with Crippen LogP contribution in [0.5, 0.6) is 5.88 Å². The number of carbonyl (C=O) groups is 1. The number of nitrogens with one attached hydrogen (secondary N) is 3. The second-order valence-corrected chi connectivity index (χ2v) is 12.5. The zero-order chi connectivity index (χ0) is 27.8. The molecule has 0 bridgehead atoms. The highest BCUT2D eigenvalue weighted by Gasteiger charge is 2.27. The van der Waals surface area contributed by atoms with Gasteiger partial charge in [-0.15, -0.1) is 0 Å². The van der Waals surface area contributed by atoms with Crippen molar-refractivity contribution in [2.75, 3.05) is 42.0 Å². The van der Waals surface area contributed by atoms with Crippen molar-refractivity contribution in [3.05, 3.63) is 42.1 Å². The van der Waals surface area contributed by atoms with Gasteiger partial charge in [0, 0.05) is 44.2 Å². The predicted molar refractivity (Wildman–Crippen MR) is 148 cm³/mol. The van der Waals surface area contributed by atoms with Crippen molar-refractivity contribution >= 4 is 38.8 Å². The number of sulfone groups is 1. The van der Waals surface area contributed by atoms with Gasteiger partial charge in [0.25, 0.3) is 0 Å². The first kappa shape index (κ1) is 26.8. The highest BCUT2D eigenvalue weighted by atomic mass is 32.2. The minimum atomic E-state index is -3.57. The van der Waals surface area contributed by atoms with Crippen LogP contribution in [0.2, 0.25) is 0 Å². The third kappa shape index (κ3) is 6.28. The van der Waals surface area contributed by atoms with Crippen LogP contribution in [-0.2, 0) is 19.4 Å². The van der Waals surface area contributed by atoms with E-state index in [0.717, 1.165) is 30.3 Å². The first-order valence-electron chi connectivity index (χ1n) is 12.7. The number of ether oxygens (including phenoxy) is 2. The molecule has 11 nitrogen and oxygen atoms in total. The molecule has 1 amide bonds. The van der Waals surface area contributed by atoms with Crippen molar-refractivity contribution in [2.24, 2.45) is 0 Å². The summed E-state index contributed by atoms with van der Waals surface area (Å²) in [5.41, 5.74) is 3.20. The maximum atomic E-state index is 12.5. The number of carbonyl (C=O) groups excluding carboxylic acids is 1. The molecule has 3 aromatic rings. The zero-order valence-electron chi connectivity index (χ0n) is 22.4. The standard InChI is InChI=1S/C27H32N6O5S/c1-16(34)29-23-13-22(19(14-28-23)20-5-6-21-26(31-20)38-15-27(2,3)33-21)30-24-11-18(17-7-9-37-10-8-17)12-25(32-24)39(4,35)36/h5-6,11-14,17,33H,7-10,15H2,1-4H3,(H2,28,29,30,32,34). The van der Waals surface area contributed by atoms with E-state index in [1.807, 2.05) is 32.0 Å². The van der Waals surface area contributed by atoms with Crippen molar-refractivity contribution in [3.8, 4) is 17.1 Å². The van der Waals surface area contributed by atoms with Gasteiger partial charge in [-0.3, -0.25) is 4.79 Å². The van der Waals surface area contributed by atoms with Crippen LogP contribution in [0, 0.1) is 0 Å². The molecule has 0 radical (unpaired) electrons. The van der Waals surface area contributed by atoms with Crippen LogP contribution >= 0.6 is 0 Å². The van der Waals surface area contributed by atoms with Gasteiger partial charge in [-0.1, -0.05) is 0 Å². The van der Waals surface area contributed by atoms with Crippen LogP contribution in [0.4, 0.5) is 23.0 Å². The van der Waals surface area contributed by atoms with Crippen molar-refractivity contribution < 1.29 is 22.7 Å². The van der Waals surface area contributed by atoms with E-state index in [-0.39, 0.29) is 22.4 Å². The quantitative estimate of drug-likeness (QED) is 0.408. The van der Waals surface area contributed by atoms with Crippen LogP contribution in [0.25, 0.3) is 11.3 Å². The normalized spacial score (nSPS) is 16.9. The van der Waals surface area contributed by atoms with Crippen molar-refractivity contribution in [3.63, 3.8) is 0 Å². The fourth-order valence-electron chi connectivity index (χ4n) is 4.64. The lowest BCUT2D eigenvalue weighted by atomic mass is 9.92. The molecule has 0 unspecified atom stereocenters. The summed E-state index contributed by atoms with van der Waals surface area (Å²) in [4.78, 5) is 25.2. The van der Waals surface area contributed by atoms with Crippen molar-refractivity contribution in [2.45, 2.75) is 50.1 Å². The van der Waals surface area contributed by atoms with Gasteiger partial charge < -0.3 is 25.4 Å². The Balaban J connectivity index is 1.57. The molecule has 3 N–H and O–H groups in total. The van der Waals surface area contributed by atoms with Gasteiger partial charge in [-0.2, -0.15) is 0 Å². The summed E-state index contributed by atoms with van der Waals surface area (Å²) < 4.78 is 36.4. The number of rotatable bonds is 6. The lowest BCUT2D eigenvalue weighted by Crippen LogP contribution is -2.41. The Bertz CT molecular complexity index is 1520. The number of anilines is 4. The molecule has 0 aliphatic carbocycles. The molecule has 5 rings (SSSR count). The number of pyridine rings is 3. The summed E-state index contributed by atoms with van der Waals surface area (Å²) in [6.07, 6.45) is 4.34. The maximum Gasteiger partial charge on any atom is 0.238 e. The van der Waals surface area contributed by atoms with E-state index in [1.54, 1.807) is 18.3 Å². The molecule has 0 aromatic carbocycles. The molecule has 1 saturated heterocycles. The van der Waals surface area contributed by atoms with Crippen LogP contribution < -0.4 is 20.7 Å². The number of nitrogens with zero attached hydrogens (tertiary/aromatic N) is 3. The average molecular weight is 553 g/mol. The zero-order valence-corrected chi connectivity index (χ0v) is 23.2. The minimum Gasteiger partial charge on any atom is -0.474 e. The monoisotopic (exact) mass is 552 g/mol. The van der Waals surface area contributed by atoms with Crippen LogP contribution in [0.15, 0.2) is 41.6 Å². The lowest BCUT2D eigenvalue weighted by Gasteiger charge is -2.33. The van der Waals surface area contributed by atoms with E-state index in [0.29, 0.717) is 54.3 Å². The smallest absolute Gasteiger partial charge is 0.238 e. The molecule has 5 heterocycles. The first-order valence-corrected chi connectivity index (χ1v) is 14.6. The van der Waals surface area contributed by atoms with E-state index < -0.39 is 9.84 Å². The van der Waals surface area contributed by atoms with Crippen LogP contribution in [0.3, 0.4) is 0 Å². The van der Waals surface area contributed by atoms with E-state index in [1.165, 1.54) is 6.92 Å². The lowest BCUT2D eigenvalue weighted by molar-refractivity contribution is -0.114. The molecule has 3 aromatic heterocycles. The summed E-state index contributed by atoms with van der Waals surface area (Å²) >= 11 is 0. The Morgan fingerprint density at radius 3 is 2.59 bits per heavy atom. The summed E-state index contributed by atoms with van der Waals surface area (Å²) in [7, 11) is -3.57. The Hall–Kier alpha value is -3.77. The number of hydrogen-bond donors (Lipinski definition) is 3. The summed E-state index contributed by atoms with van der Waals surface area (Å²) in [5.74, 6) is 1.05. The van der Waals surface area contributed by atoms with Gasteiger partial charge in [0.2, 0.25) is 11.8 Å². The highest BCUT2D eigenvalue weighted by molar-refractivity contribution is 7.90.